The molecule has 94 valence electrons. The van der Waals surface area contributed by atoms with E-state index in [4.69, 9.17) is 0 Å². The van der Waals surface area contributed by atoms with E-state index in [1.807, 2.05) is 0 Å². The van der Waals surface area contributed by atoms with Crippen molar-refractivity contribution >= 4 is 22.6 Å². The van der Waals surface area contributed by atoms with Crippen LogP contribution in [0, 0.1) is 34.7 Å². The van der Waals surface area contributed by atoms with Crippen molar-refractivity contribution in [2.45, 2.75) is 13.8 Å². The second-order valence-electron chi connectivity index (χ2n) is 3.46. The average molecular weight is 267 g/mol. The molecule has 0 heterocycles. The van der Waals surface area contributed by atoms with Crippen molar-refractivity contribution in [1.82, 2.24) is 0 Å². The number of carbonyl (C=O) groups excluding carboxylic acids is 1. The van der Waals surface area contributed by atoms with Gasteiger partial charge in [-0.3, -0.25) is 14.9 Å². The van der Waals surface area contributed by atoms with Gasteiger partial charge in [-0.25, -0.2) is 4.39 Å². The van der Waals surface area contributed by atoms with E-state index in [9.17, 15) is 19.3 Å². The van der Waals surface area contributed by atoms with Crippen LogP contribution in [-0.4, -0.2) is 15.8 Å². The lowest BCUT2D eigenvalue weighted by molar-refractivity contribution is -0.385. The Kier molecular flexibility index (Phi) is 4.86. The van der Waals surface area contributed by atoms with Gasteiger partial charge >= 0.3 is 0 Å². The lowest BCUT2D eigenvalue weighted by atomic mass is 10.1. The van der Waals surface area contributed by atoms with Crippen molar-refractivity contribution in [1.29, 1.82) is 0 Å². The topological polar surface area (TPSA) is 60.2 Å². The lowest BCUT2D eigenvalue weighted by Crippen LogP contribution is -1.95. The molecule has 0 fully saturated rings. The van der Waals surface area contributed by atoms with Crippen molar-refractivity contribution in [2.24, 2.45) is 0 Å². The Morgan fingerprint density at radius 3 is 2.78 bits per heavy atom. The van der Waals surface area contributed by atoms with E-state index in [0.29, 0.717) is 0 Å². The molecule has 0 N–H and O–H groups in total. The third-order valence-electron chi connectivity index (χ3n) is 2.05. The highest BCUT2D eigenvalue weighted by Gasteiger charge is 2.14. The van der Waals surface area contributed by atoms with Gasteiger partial charge in [0.05, 0.1) is 16.2 Å². The summed E-state index contributed by atoms with van der Waals surface area (Å²) < 4.78 is 13.5. The molecular weight excluding hydrogens is 257 g/mol. The summed E-state index contributed by atoms with van der Waals surface area (Å²) in [7, 11) is 0. The summed E-state index contributed by atoms with van der Waals surface area (Å²) in [5, 5.41) is 10.6. The predicted octanol–water partition coefficient (Wildman–Crippen LogP) is 2.67. The average Bonchev–Trinajstić information content (AvgIpc) is 2.25. The molecular formula is C12H10FNO3S. The number of benzene rings is 1. The summed E-state index contributed by atoms with van der Waals surface area (Å²) in [4.78, 5) is 20.8. The quantitative estimate of drug-likeness (QED) is 0.469. The number of nitrogens with zero attached hydrogens (tertiary/aromatic N) is 1. The second kappa shape index (κ2) is 6.17. The molecule has 6 heteroatoms. The van der Waals surface area contributed by atoms with E-state index in [1.165, 1.54) is 13.8 Å². The molecule has 0 aliphatic rings. The summed E-state index contributed by atoms with van der Waals surface area (Å²) >= 11 is 1.00. The molecule has 0 aliphatic carbocycles. The third-order valence-corrected chi connectivity index (χ3v) is 2.75. The molecule has 0 saturated heterocycles. The van der Waals surface area contributed by atoms with Gasteiger partial charge in [-0.15, -0.1) is 0 Å². The van der Waals surface area contributed by atoms with Gasteiger partial charge in [0.2, 0.25) is 0 Å². The van der Waals surface area contributed by atoms with Crippen molar-refractivity contribution < 1.29 is 14.1 Å². The van der Waals surface area contributed by atoms with Crippen LogP contribution < -0.4 is 0 Å². The third kappa shape index (κ3) is 3.86. The zero-order valence-electron chi connectivity index (χ0n) is 9.82. The minimum Gasteiger partial charge on any atom is -0.288 e. The van der Waals surface area contributed by atoms with Crippen molar-refractivity contribution in [3.8, 4) is 11.8 Å². The van der Waals surface area contributed by atoms with Gasteiger partial charge in [-0.1, -0.05) is 23.6 Å². The van der Waals surface area contributed by atoms with E-state index in [-0.39, 0.29) is 27.7 Å². The number of hydrogen-bond acceptors (Lipinski definition) is 4. The highest BCUT2D eigenvalue weighted by molar-refractivity contribution is 8.13. The van der Waals surface area contributed by atoms with Gasteiger partial charge in [-0.2, -0.15) is 0 Å². The molecule has 0 atom stereocenters. The minimum atomic E-state index is -0.599. The van der Waals surface area contributed by atoms with Crippen LogP contribution >= 0.6 is 11.8 Å². The lowest BCUT2D eigenvalue weighted by Gasteiger charge is -1.99. The summed E-state index contributed by atoms with van der Waals surface area (Å²) in [6.45, 7) is 2.87. The minimum absolute atomic E-state index is 0.0311. The standard InChI is InChI=1S/C12H10FNO3S/c1-8-6-11(13)10(7-12(8)14(16)17)4-3-5-18-9(2)15/h6-7H,5H2,1-2H3. The van der Waals surface area contributed by atoms with Gasteiger partial charge in [0, 0.05) is 18.6 Å². The fraction of sp³-hybridized carbons (Fsp3) is 0.250. The van der Waals surface area contributed by atoms with Crippen LogP contribution in [0.15, 0.2) is 12.1 Å². The first-order chi connectivity index (χ1) is 8.41. The van der Waals surface area contributed by atoms with Crippen LogP contribution in [-0.2, 0) is 4.79 Å². The molecule has 0 unspecified atom stereocenters. The van der Waals surface area contributed by atoms with Gasteiger partial charge in [-0.05, 0) is 13.0 Å². The summed E-state index contributed by atoms with van der Waals surface area (Å²) in [5.41, 5.74) is 0.0533. The highest BCUT2D eigenvalue weighted by atomic mass is 32.2. The molecule has 1 aromatic carbocycles. The summed E-state index contributed by atoms with van der Waals surface area (Å²) in [6.07, 6.45) is 0. The van der Waals surface area contributed by atoms with E-state index in [1.54, 1.807) is 0 Å². The maximum absolute atomic E-state index is 13.5. The number of thioether (sulfide) groups is 1. The van der Waals surface area contributed by atoms with Crippen LogP contribution in [0.1, 0.15) is 18.1 Å². The summed E-state index contributed by atoms with van der Waals surface area (Å²) in [6, 6.07) is 2.19. The molecule has 0 amide bonds. The van der Waals surface area contributed by atoms with Gasteiger partial charge in [0.25, 0.3) is 5.69 Å². The molecule has 0 saturated carbocycles. The Morgan fingerprint density at radius 1 is 1.56 bits per heavy atom. The maximum atomic E-state index is 13.5. The number of rotatable bonds is 2. The molecule has 0 spiro atoms. The molecule has 0 radical (unpaired) electrons. The molecule has 0 aromatic heterocycles. The van der Waals surface area contributed by atoms with Crippen molar-refractivity contribution in [2.75, 3.05) is 5.75 Å². The molecule has 4 nitrogen and oxygen atoms in total. The fourth-order valence-corrected chi connectivity index (χ4v) is 1.57. The van der Waals surface area contributed by atoms with Crippen LogP contribution in [0.2, 0.25) is 0 Å². The Labute approximate surface area is 108 Å². The van der Waals surface area contributed by atoms with Crippen molar-refractivity contribution in [3.63, 3.8) is 0 Å². The molecule has 1 rings (SSSR count). The van der Waals surface area contributed by atoms with Crippen LogP contribution in [0.5, 0.6) is 0 Å². The van der Waals surface area contributed by atoms with E-state index in [2.05, 4.69) is 11.8 Å². The Bertz CT molecular complexity index is 560. The van der Waals surface area contributed by atoms with E-state index in [0.717, 1.165) is 23.9 Å². The van der Waals surface area contributed by atoms with Crippen LogP contribution in [0.3, 0.4) is 0 Å². The van der Waals surface area contributed by atoms with Gasteiger partial charge < -0.3 is 0 Å². The summed E-state index contributed by atoms with van der Waals surface area (Å²) in [5.74, 6) is 4.71. The number of halogens is 1. The Balaban J connectivity index is 2.98. The Hall–Kier alpha value is -1.87. The predicted molar refractivity (Wildman–Crippen MR) is 67.8 cm³/mol. The monoisotopic (exact) mass is 267 g/mol. The highest BCUT2D eigenvalue weighted by Crippen LogP contribution is 2.21. The normalized spacial score (nSPS) is 9.50. The van der Waals surface area contributed by atoms with Gasteiger partial charge in [0.15, 0.2) is 5.12 Å². The fourth-order valence-electron chi connectivity index (χ4n) is 1.22. The number of carbonyl (C=O) groups is 1. The SMILES string of the molecule is CC(=O)SCC#Cc1cc([N+](=O)[O-])c(C)cc1F. The number of hydrogen-bond donors (Lipinski definition) is 0. The van der Waals surface area contributed by atoms with E-state index < -0.39 is 10.7 Å². The second-order valence-corrected chi connectivity index (χ2v) is 4.61. The first-order valence-corrected chi connectivity index (χ1v) is 5.97. The zero-order chi connectivity index (χ0) is 13.7. The van der Waals surface area contributed by atoms with Crippen LogP contribution in [0.4, 0.5) is 10.1 Å². The van der Waals surface area contributed by atoms with E-state index >= 15 is 0 Å². The first-order valence-electron chi connectivity index (χ1n) is 4.98. The largest absolute Gasteiger partial charge is 0.288 e. The van der Waals surface area contributed by atoms with Gasteiger partial charge in [0.1, 0.15) is 5.82 Å². The Morgan fingerprint density at radius 2 is 2.22 bits per heavy atom. The van der Waals surface area contributed by atoms with Crippen molar-refractivity contribution in [3.05, 3.63) is 39.2 Å². The first kappa shape index (κ1) is 14.2. The smallest absolute Gasteiger partial charge is 0.273 e. The number of aryl methyl sites for hydroxylation is 1. The number of nitro groups is 1. The molecule has 1 aromatic rings. The molecule has 18 heavy (non-hydrogen) atoms. The maximum Gasteiger partial charge on any atom is 0.273 e. The molecule has 0 bridgehead atoms. The molecule has 0 aliphatic heterocycles. The number of nitro benzene ring substituents is 1. The zero-order valence-corrected chi connectivity index (χ0v) is 10.6. The van der Waals surface area contributed by atoms with Crippen LogP contribution in [0.25, 0.3) is 0 Å².